The molecular formula is C33H45N5O2. The van der Waals surface area contributed by atoms with Crippen molar-refractivity contribution in [2.45, 2.75) is 90.9 Å². The normalized spacial score (nSPS) is 11.2. The van der Waals surface area contributed by atoms with Gasteiger partial charge in [-0.25, -0.2) is 10.1 Å². The molecule has 40 heavy (non-hydrogen) atoms. The standard InChI is InChI=1S/C33H45N5O2/c1-3-4-5-6-7-8-9-10-11-12-16-22-31(39)34-25-32(40)36-35-24-29-26-38(30-20-14-13-15-21-30)37-33(29)28-19-17-18-27(2)23-28/h13-15,17-21,23-24,26H,3-12,16,22,25H2,1-2H3,(H,34,39)(H,36,40)/b35-24+. The Morgan fingerprint density at radius 2 is 1.52 bits per heavy atom. The van der Waals surface area contributed by atoms with E-state index in [0.717, 1.165) is 40.9 Å². The van der Waals surface area contributed by atoms with Gasteiger partial charge in [-0.1, -0.05) is 113 Å². The summed E-state index contributed by atoms with van der Waals surface area (Å²) in [6, 6.07) is 18.0. The van der Waals surface area contributed by atoms with E-state index in [2.05, 4.69) is 28.8 Å². The summed E-state index contributed by atoms with van der Waals surface area (Å²) in [6.07, 6.45) is 17.6. The lowest BCUT2D eigenvalue weighted by Crippen LogP contribution is -2.34. The van der Waals surface area contributed by atoms with E-state index >= 15 is 0 Å². The van der Waals surface area contributed by atoms with Gasteiger partial charge in [-0.15, -0.1) is 0 Å². The molecule has 7 nitrogen and oxygen atoms in total. The molecule has 3 aromatic rings. The summed E-state index contributed by atoms with van der Waals surface area (Å²) < 4.78 is 1.80. The highest BCUT2D eigenvalue weighted by Crippen LogP contribution is 2.23. The number of hydrogen-bond acceptors (Lipinski definition) is 4. The number of nitrogens with zero attached hydrogens (tertiary/aromatic N) is 3. The van der Waals surface area contributed by atoms with Crippen molar-refractivity contribution in [2.24, 2.45) is 5.10 Å². The zero-order valence-electron chi connectivity index (χ0n) is 24.2. The lowest BCUT2D eigenvalue weighted by molar-refractivity contribution is -0.126. The van der Waals surface area contributed by atoms with Crippen molar-refractivity contribution in [3.8, 4) is 16.9 Å². The molecule has 0 aliphatic heterocycles. The molecule has 0 fully saturated rings. The maximum atomic E-state index is 12.3. The number of hydrogen-bond donors (Lipinski definition) is 2. The van der Waals surface area contributed by atoms with Crippen molar-refractivity contribution in [2.75, 3.05) is 6.54 Å². The van der Waals surface area contributed by atoms with Crippen LogP contribution >= 0.6 is 0 Å². The molecule has 0 atom stereocenters. The molecule has 0 aliphatic carbocycles. The quantitative estimate of drug-likeness (QED) is 0.102. The molecule has 0 spiro atoms. The summed E-state index contributed by atoms with van der Waals surface area (Å²) in [6.45, 7) is 4.19. The molecule has 0 bridgehead atoms. The highest BCUT2D eigenvalue weighted by molar-refractivity contribution is 5.90. The Bertz CT molecular complexity index is 1200. The molecule has 1 aromatic heterocycles. The van der Waals surface area contributed by atoms with Gasteiger partial charge in [0.1, 0.15) is 5.69 Å². The average Bonchev–Trinajstić information content (AvgIpc) is 3.39. The Morgan fingerprint density at radius 3 is 2.20 bits per heavy atom. The van der Waals surface area contributed by atoms with Gasteiger partial charge in [0.25, 0.3) is 5.91 Å². The number of amides is 2. The van der Waals surface area contributed by atoms with E-state index in [4.69, 9.17) is 5.10 Å². The number of rotatable bonds is 18. The van der Waals surface area contributed by atoms with Crippen molar-refractivity contribution >= 4 is 18.0 Å². The summed E-state index contributed by atoms with van der Waals surface area (Å²) in [5.41, 5.74) is 7.09. The predicted molar refractivity (Wildman–Crippen MR) is 164 cm³/mol. The number of aryl methyl sites for hydroxylation is 1. The second-order valence-corrected chi connectivity index (χ2v) is 10.4. The van der Waals surface area contributed by atoms with Gasteiger partial charge < -0.3 is 5.32 Å². The van der Waals surface area contributed by atoms with Crippen LogP contribution in [0.15, 0.2) is 65.9 Å². The first kappa shape index (κ1) is 30.8. The Balaban J connectivity index is 1.39. The van der Waals surface area contributed by atoms with Gasteiger partial charge >= 0.3 is 0 Å². The molecule has 0 saturated heterocycles. The molecule has 2 N–H and O–H groups in total. The Hall–Kier alpha value is -3.74. The second-order valence-electron chi connectivity index (χ2n) is 10.4. The minimum atomic E-state index is -0.365. The Kier molecular flexibility index (Phi) is 13.7. The molecule has 3 rings (SSSR count). The molecule has 0 aliphatic rings. The second kappa shape index (κ2) is 17.8. The molecule has 7 heteroatoms. The van der Waals surface area contributed by atoms with Crippen LogP contribution < -0.4 is 10.7 Å². The van der Waals surface area contributed by atoms with Gasteiger partial charge in [0.15, 0.2) is 0 Å². The first-order valence-electron chi connectivity index (χ1n) is 14.9. The van der Waals surface area contributed by atoms with E-state index in [-0.39, 0.29) is 18.4 Å². The number of para-hydroxylation sites is 1. The molecule has 214 valence electrons. The first-order valence-corrected chi connectivity index (χ1v) is 14.9. The monoisotopic (exact) mass is 543 g/mol. The fourth-order valence-corrected chi connectivity index (χ4v) is 4.64. The lowest BCUT2D eigenvalue weighted by Gasteiger charge is -2.05. The third-order valence-corrected chi connectivity index (χ3v) is 6.90. The highest BCUT2D eigenvalue weighted by atomic mass is 16.2. The van der Waals surface area contributed by atoms with E-state index in [1.807, 2.05) is 61.7 Å². The van der Waals surface area contributed by atoms with Gasteiger partial charge in [0.05, 0.1) is 18.4 Å². The van der Waals surface area contributed by atoms with E-state index < -0.39 is 0 Å². The summed E-state index contributed by atoms with van der Waals surface area (Å²) in [5.74, 6) is -0.461. The largest absolute Gasteiger partial charge is 0.347 e. The summed E-state index contributed by atoms with van der Waals surface area (Å²) in [7, 11) is 0. The highest BCUT2D eigenvalue weighted by Gasteiger charge is 2.12. The Morgan fingerprint density at radius 1 is 0.850 bits per heavy atom. The van der Waals surface area contributed by atoms with Crippen LogP contribution in [-0.2, 0) is 9.59 Å². The number of carbonyl (C=O) groups is 2. The molecule has 2 aromatic carbocycles. The zero-order chi connectivity index (χ0) is 28.4. The maximum Gasteiger partial charge on any atom is 0.259 e. The van der Waals surface area contributed by atoms with E-state index in [1.165, 1.54) is 57.8 Å². The minimum Gasteiger partial charge on any atom is -0.347 e. The van der Waals surface area contributed by atoms with Crippen LogP contribution in [-0.4, -0.2) is 34.4 Å². The number of hydrazone groups is 1. The summed E-state index contributed by atoms with van der Waals surface area (Å²) in [5, 5.41) is 11.6. The molecule has 0 unspecified atom stereocenters. The predicted octanol–water partition coefficient (Wildman–Crippen LogP) is 7.12. The number of nitrogens with one attached hydrogen (secondary N) is 2. The van der Waals surface area contributed by atoms with E-state index in [0.29, 0.717) is 6.42 Å². The van der Waals surface area contributed by atoms with E-state index in [1.54, 1.807) is 10.9 Å². The van der Waals surface area contributed by atoms with Crippen LogP contribution in [0.4, 0.5) is 0 Å². The number of benzene rings is 2. The van der Waals surface area contributed by atoms with Crippen molar-refractivity contribution in [1.82, 2.24) is 20.5 Å². The molecule has 2 amide bonds. The minimum absolute atomic E-state index is 0.0950. The number of aromatic nitrogens is 2. The van der Waals surface area contributed by atoms with Gasteiger partial charge in [0.2, 0.25) is 5.91 Å². The third kappa shape index (κ3) is 11.2. The van der Waals surface area contributed by atoms with Crippen LogP contribution in [0, 0.1) is 6.92 Å². The van der Waals surface area contributed by atoms with Crippen LogP contribution in [0.25, 0.3) is 16.9 Å². The van der Waals surface area contributed by atoms with Gasteiger partial charge in [-0.2, -0.15) is 10.2 Å². The van der Waals surface area contributed by atoms with Gasteiger partial charge in [0, 0.05) is 23.7 Å². The van der Waals surface area contributed by atoms with Crippen molar-refractivity contribution in [3.63, 3.8) is 0 Å². The molecular weight excluding hydrogens is 498 g/mol. The molecule has 0 radical (unpaired) electrons. The zero-order valence-corrected chi connectivity index (χ0v) is 24.2. The lowest BCUT2D eigenvalue weighted by atomic mass is 10.1. The van der Waals surface area contributed by atoms with Crippen molar-refractivity contribution < 1.29 is 9.59 Å². The molecule has 0 saturated carbocycles. The fraction of sp³-hybridized carbons (Fsp3) is 0.455. The molecule has 1 heterocycles. The van der Waals surface area contributed by atoms with Crippen LogP contribution in [0.5, 0.6) is 0 Å². The van der Waals surface area contributed by atoms with Crippen LogP contribution in [0.3, 0.4) is 0 Å². The fourth-order valence-electron chi connectivity index (χ4n) is 4.64. The number of unbranched alkanes of at least 4 members (excludes halogenated alkanes) is 10. The topological polar surface area (TPSA) is 88.4 Å². The summed E-state index contributed by atoms with van der Waals surface area (Å²) >= 11 is 0. The first-order chi connectivity index (χ1) is 19.6. The van der Waals surface area contributed by atoms with E-state index in [9.17, 15) is 9.59 Å². The SMILES string of the molecule is CCCCCCCCCCCCCC(=O)NCC(=O)N/N=C/c1cn(-c2ccccc2)nc1-c1cccc(C)c1. The van der Waals surface area contributed by atoms with Crippen LogP contribution in [0.2, 0.25) is 0 Å². The number of carbonyl (C=O) groups excluding carboxylic acids is 2. The van der Waals surface area contributed by atoms with Crippen molar-refractivity contribution in [3.05, 3.63) is 71.9 Å². The van der Waals surface area contributed by atoms with Gasteiger partial charge in [-0.3, -0.25) is 9.59 Å². The van der Waals surface area contributed by atoms with Gasteiger partial charge in [-0.05, 0) is 31.5 Å². The van der Waals surface area contributed by atoms with Crippen molar-refractivity contribution in [1.29, 1.82) is 0 Å². The maximum absolute atomic E-state index is 12.3. The Labute approximate surface area is 239 Å². The van der Waals surface area contributed by atoms with Crippen LogP contribution in [0.1, 0.15) is 95.1 Å². The average molecular weight is 544 g/mol. The summed E-state index contributed by atoms with van der Waals surface area (Å²) in [4.78, 5) is 24.4. The smallest absolute Gasteiger partial charge is 0.259 e. The third-order valence-electron chi connectivity index (χ3n) is 6.90.